The molecule has 0 amide bonds. The summed E-state index contributed by atoms with van der Waals surface area (Å²) in [5.74, 6) is -0.953. The summed E-state index contributed by atoms with van der Waals surface area (Å²) in [5, 5.41) is 0. The van der Waals surface area contributed by atoms with Crippen LogP contribution in [0.2, 0.25) is 0 Å². The van der Waals surface area contributed by atoms with E-state index in [9.17, 15) is 24.0 Å². The Bertz CT molecular complexity index is 1410. The molecule has 0 unspecified atom stereocenters. The maximum absolute atomic E-state index is 13.3. The second-order valence-corrected chi connectivity index (χ2v) is 17.8. The third kappa shape index (κ3) is 7.30. The minimum atomic E-state index is -1.26. The van der Waals surface area contributed by atoms with Crippen LogP contribution in [0.5, 0.6) is 0 Å². The van der Waals surface area contributed by atoms with Gasteiger partial charge in [-0.05, 0) is 80.5 Å². The van der Waals surface area contributed by atoms with Crippen molar-refractivity contribution in [3.8, 4) is 0 Å². The molecule has 0 spiro atoms. The highest BCUT2D eigenvalue weighted by molar-refractivity contribution is 5.85. The maximum atomic E-state index is 13.3. The highest BCUT2D eigenvalue weighted by Gasteiger charge is 2.70. The van der Waals surface area contributed by atoms with Crippen LogP contribution in [0.3, 0.4) is 0 Å². The van der Waals surface area contributed by atoms with E-state index in [2.05, 4.69) is 41.5 Å². The average molecular weight is 715 g/mol. The molecule has 0 aromatic rings. The van der Waals surface area contributed by atoms with Gasteiger partial charge in [-0.1, -0.05) is 80.4 Å². The Morgan fingerprint density at radius 2 is 1.39 bits per heavy atom. The van der Waals surface area contributed by atoms with Crippen molar-refractivity contribution < 1.29 is 42.9 Å². The fourth-order valence-electron chi connectivity index (χ4n) is 11.3. The normalized spacial score (nSPS) is 33.2. The fraction of sp³-hybridized carbons (Fsp3) is 0.833. The Labute approximate surface area is 306 Å². The first-order valence-corrected chi connectivity index (χ1v) is 19.7. The van der Waals surface area contributed by atoms with E-state index >= 15 is 0 Å². The summed E-state index contributed by atoms with van der Waals surface area (Å²) in [6.45, 7) is 23.9. The van der Waals surface area contributed by atoms with Gasteiger partial charge in [0.05, 0.1) is 0 Å². The number of carbonyl (C=O) groups excluding carboxylic acids is 5. The van der Waals surface area contributed by atoms with E-state index < -0.39 is 41.1 Å². The zero-order chi connectivity index (χ0) is 38.3. The first kappa shape index (κ1) is 41.1. The van der Waals surface area contributed by atoms with E-state index in [0.29, 0.717) is 31.5 Å². The Kier molecular flexibility index (Phi) is 12.0. The second kappa shape index (κ2) is 15.0. The number of Topliss-reactive ketones (excluding diaryl/α,β-unsaturated/α-hetero) is 1. The summed E-state index contributed by atoms with van der Waals surface area (Å²) in [4.78, 5) is 64.6. The van der Waals surface area contributed by atoms with E-state index in [4.69, 9.17) is 18.9 Å². The van der Waals surface area contributed by atoms with Crippen LogP contribution in [-0.2, 0) is 42.9 Å². The van der Waals surface area contributed by atoms with Gasteiger partial charge in [0.15, 0.2) is 6.10 Å². The number of hydrogen-bond donors (Lipinski definition) is 0. The third-order valence-electron chi connectivity index (χ3n) is 14.2. The summed E-state index contributed by atoms with van der Waals surface area (Å²) >= 11 is 0. The van der Waals surface area contributed by atoms with Gasteiger partial charge in [0.25, 0.3) is 0 Å². The van der Waals surface area contributed by atoms with E-state index in [1.807, 2.05) is 6.92 Å². The topological polar surface area (TPSA) is 122 Å². The Morgan fingerprint density at radius 3 is 1.98 bits per heavy atom. The van der Waals surface area contributed by atoms with Crippen LogP contribution >= 0.6 is 0 Å². The summed E-state index contributed by atoms with van der Waals surface area (Å²) < 4.78 is 24.3. The maximum Gasteiger partial charge on any atom is 0.306 e. The zero-order valence-electron chi connectivity index (χ0n) is 33.6. The second-order valence-electron chi connectivity index (χ2n) is 17.8. The molecule has 9 nitrogen and oxygen atoms in total. The molecule has 0 heterocycles. The highest BCUT2D eigenvalue weighted by Crippen LogP contribution is 2.74. The van der Waals surface area contributed by atoms with Crippen molar-refractivity contribution in [2.45, 2.75) is 184 Å². The smallest absolute Gasteiger partial charge is 0.306 e. The number of rotatable bonds is 13. The van der Waals surface area contributed by atoms with Gasteiger partial charge in [-0.25, -0.2) is 0 Å². The quantitative estimate of drug-likeness (QED) is 0.105. The van der Waals surface area contributed by atoms with Gasteiger partial charge in [-0.3, -0.25) is 24.0 Å². The number of ketones is 1. The van der Waals surface area contributed by atoms with Gasteiger partial charge in [-0.2, -0.15) is 0 Å². The van der Waals surface area contributed by atoms with E-state index in [1.165, 1.54) is 11.1 Å². The molecule has 9 atom stereocenters. The monoisotopic (exact) mass is 714 g/mol. The molecule has 0 aromatic carbocycles. The van der Waals surface area contributed by atoms with Crippen LogP contribution in [0.1, 0.15) is 160 Å². The predicted octanol–water partition coefficient (Wildman–Crippen LogP) is 8.64. The first-order valence-electron chi connectivity index (χ1n) is 19.7. The van der Waals surface area contributed by atoms with Gasteiger partial charge in [-0.15, -0.1) is 0 Å². The van der Waals surface area contributed by atoms with Crippen LogP contribution < -0.4 is 0 Å². The molecule has 4 aliphatic rings. The number of ether oxygens (including phenoxy) is 4. The van der Waals surface area contributed by atoms with Crippen LogP contribution in [0.15, 0.2) is 11.1 Å². The molecule has 9 heteroatoms. The number of allylic oxidation sites excluding steroid dienone is 1. The lowest BCUT2D eigenvalue weighted by Crippen LogP contribution is -2.66. The number of fused-ring (bicyclic) bond motifs is 5. The molecule has 51 heavy (non-hydrogen) atoms. The summed E-state index contributed by atoms with van der Waals surface area (Å²) in [6.07, 6.45) is 4.58. The number of esters is 4. The molecule has 3 fully saturated rings. The summed E-state index contributed by atoms with van der Waals surface area (Å²) in [5.41, 5.74) is 0.428. The van der Waals surface area contributed by atoms with Crippen molar-refractivity contribution >= 4 is 29.7 Å². The molecule has 0 aliphatic heterocycles. The van der Waals surface area contributed by atoms with Crippen molar-refractivity contribution in [1.29, 1.82) is 0 Å². The van der Waals surface area contributed by atoms with Gasteiger partial charge in [0.2, 0.25) is 0 Å². The van der Waals surface area contributed by atoms with Gasteiger partial charge >= 0.3 is 23.9 Å². The predicted molar refractivity (Wildman–Crippen MR) is 194 cm³/mol. The SMILES string of the molecule is CCC(=O)O[C@@H](C[C@@H](C)C1=C2C[C@H](OC(=O)CC)[C@H]3[C@@]4(C)CCC(=O)C(C)(C)[C@@H]4CC[C@]3(C)[C@@]2(C)CC1)[C@@H](OC(=O)CC)C(C)(C)OC(=O)CC. The van der Waals surface area contributed by atoms with Crippen molar-refractivity contribution in [1.82, 2.24) is 0 Å². The Hall–Kier alpha value is -2.71. The standard InChI is InChI=1S/C42H66O9/c1-13-32(44)48-28-24-27-26(17-21-41(27,11)42(12)22-18-30-38(6,7)31(43)19-20-40(30,10)36(28)42)25(5)23-29(49-33(45)14-2)37(50-34(46)15-3)39(8,9)51-35(47)16-4/h25,28-30,36-37H,13-24H2,1-12H3/t25-,28+,29+,30+,36+,37-,40+,41+,42+/m1/s1. The molecule has 0 aromatic heterocycles. The molecule has 4 aliphatic carbocycles. The third-order valence-corrected chi connectivity index (χ3v) is 14.2. The number of hydrogen-bond acceptors (Lipinski definition) is 9. The Morgan fingerprint density at radius 1 is 0.804 bits per heavy atom. The summed E-state index contributed by atoms with van der Waals surface area (Å²) in [6, 6.07) is 0. The van der Waals surface area contributed by atoms with Crippen molar-refractivity contribution in [3.05, 3.63) is 11.1 Å². The molecule has 0 bridgehead atoms. The summed E-state index contributed by atoms with van der Waals surface area (Å²) in [7, 11) is 0. The molecular formula is C42H66O9. The fourth-order valence-corrected chi connectivity index (χ4v) is 11.3. The lowest BCUT2D eigenvalue weighted by atomic mass is 9.36. The minimum absolute atomic E-state index is 0.0715. The van der Waals surface area contributed by atoms with Crippen LogP contribution in [0.25, 0.3) is 0 Å². The van der Waals surface area contributed by atoms with Crippen molar-refractivity contribution in [2.75, 3.05) is 0 Å². The molecule has 0 saturated heterocycles. The minimum Gasteiger partial charge on any atom is -0.462 e. The average Bonchev–Trinajstić information content (AvgIpc) is 3.42. The van der Waals surface area contributed by atoms with Gasteiger partial charge in [0, 0.05) is 49.9 Å². The van der Waals surface area contributed by atoms with E-state index in [1.54, 1.807) is 34.6 Å². The van der Waals surface area contributed by atoms with Crippen molar-refractivity contribution in [2.24, 2.45) is 39.4 Å². The number of carbonyl (C=O) groups is 5. The van der Waals surface area contributed by atoms with Crippen molar-refractivity contribution in [3.63, 3.8) is 0 Å². The van der Waals surface area contributed by atoms with E-state index in [0.717, 1.165) is 32.1 Å². The van der Waals surface area contributed by atoms with Gasteiger partial charge in [0.1, 0.15) is 23.6 Å². The lowest BCUT2D eigenvalue weighted by molar-refractivity contribution is -0.218. The molecule has 4 rings (SSSR count). The lowest BCUT2D eigenvalue weighted by Gasteiger charge is -2.69. The molecule has 3 saturated carbocycles. The Balaban J connectivity index is 1.79. The van der Waals surface area contributed by atoms with Gasteiger partial charge < -0.3 is 18.9 Å². The zero-order valence-corrected chi connectivity index (χ0v) is 33.6. The van der Waals surface area contributed by atoms with Crippen LogP contribution in [-0.4, -0.2) is 53.6 Å². The molecule has 0 radical (unpaired) electrons. The largest absolute Gasteiger partial charge is 0.462 e. The highest BCUT2D eigenvalue weighted by atomic mass is 16.6. The molecular weight excluding hydrogens is 648 g/mol. The molecule has 288 valence electrons. The van der Waals surface area contributed by atoms with Crippen LogP contribution in [0, 0.1) is 39.4 Å². The van der Waals surface area contributed by atoms with E-state index in [-0.39, 0.29) is 65.3 Å². The molecule has 0 N–H and O–H groups in total. The first-order chi connectivity index (χ1) is 23.7. The van der Waals surface area contributed by atoms with Crippen LogP contribution in [0.4, 0.5) is 0 Å².